The van der Waals surface area contributed by atoms with Crippen LogP contribution in [0.1, 0.15) is 20.8 Å². The lowest BCUT2D eigenvalue weighted by molar-refractivity contribution is 0.0999. The van der Waals surface area contributed by atoms with Gasteiger partial charge in [-0.05, 0) is 18.2 Å². The third kappa shape index (κ3) is 2.29. The summed E-state index contributed by atoms with van der Waals surface area (Å²) in [7, 11) is 0. The van der Waals surface area contributed by atoms with Crippen LogP contribution in [0, 0.1) is 0 Å². The Kier molecular flexibility index (Phi) is 2.83. The zero-order chi connectivity index (χ0) is 15.0. The lowest BCUT2D eigenvalue weighted by Gasteiger charge is -2.04. The van der Waals surface area contributed by atoms with Gasteiger partial charge < -0.3 is 26.0 Å². The lowest BCUT2D eigenvalue weighted by atomic mass is 10.2. The van der Waals surface area contributed by atoms with Gasteiger partial charge in [0.15, 0.2) is 0 Å². The van der Waals surface area contributed by atoms with Crippen molar-refractivity contribution in [2.75, 3.05) is 5.32 Å². The molecule has 0 radical (unpaired) electrons. The van der Waals surface area contributed by atoms with Gasteiger partial charge in [0.1, 0.15) is 5.69 Å². The van der Waals surface area contributed by atoms with E-state index in [1.54, 1.807) is 18.2 Å². The number of amides is 2. The van der Waals surface area contributed by atoms with Crippen LogP contribution >= 0.6 is 0 Å². The summed E-state index contributed by atoms with van der Waals surface area (Å²) >= 11 is 0. The van der Waals surface area contributed by atoms with E-state index in [-0.39, 0.29) is 16.9 Å². The number of aromatic nitrogens is 3. The SMILES string of the molecule is NC(=O)c1c[nH]c(C(=O)Nc2cccc3[nH]c(=O)[nH]c23)c1. The molecule has 0 spiro atoms. The van der Waals surface area contributed by atoms with Crippen LogP contribution < -0.4 is 16.7 Å². The number of fused-ring (bicyclic) bond motifs is 1. The Bertz CT molecular complexity index is 902. The third-order valence-corrected chi connectivity index (χ3v) is 3.01. The molecule has 0 aliphatic heterocycles. The Hall–Kier alpha value is -3.29. The maximum Gasteiger partial charge on any atom is 0.323 e. The summed E-state index contributed by atoms with van der Waals surface area (Å²) in [4.78, 5) is 42.3. The third-order valence-electron chi connectivity index (χ3n) is 3.01. The largest absolute Gasteiger partial charge is 0.366 e. The molecule has 3 aromatic rings. The number of aromatic amines is 3. The predicted octanol–water partition coefficient (Wildman–Crippen LogP) is 0.535. The van der Waals surface area contributed by atoms with Crippen molar-refractivity contribution in [2.45, 2.75) is 0 Å². The minimum absolute atomic E-state index is 0.193. The highest BCUT2D eigenvalue weighted by Gasteiger charge is 2.13. The molecule has 21 heavy (non-hydrogen) atoms. The van der Waals surface area contributed by atoms with Crippen molar-refractivity contribution < 1.29 is 9.59 Å². The number of carbonyl (C=O) groups is 2. The van der Waals surface area contributed by atoms with Gasteiger partial charge in [0.05, 0.1) is 22.3 Å². The van der Waals surface area contributed by atoms with Crippen molar-refractivity contribution in [1.82, 2.24) is 15.0 Å². The molecule has 1 aromatic carbocycles. The second kappa shape index (κ2) is 4.67. The van der Waals surface area contributed by atoms with E-state index < -0.39 is 11.8 Å². The lowest BCUT2D eigenvalue weighted by Crippen LogP contribution is -2.13. The molecule has 2 aromatic heterocycles. The smallest absolute Gasteiger partial charge is 0.323 e. The number of hydrogen-bond acceptors (Lipinski definition) is 3. The van der Waals surface area contributed by atoms with Crippen LogP contribution in [0.4, 0.5) is 5.69 Å². The second-order valence-corrected chi connectivity index (χ2v) is 4.43. The monoisotopic (exact) mass is 285 g/mol. The quantitative estimate of drug-likeness (QED) is 0.480. The van der Waals surface area contributed by atoms with E-state index >= 15 is 0 Å². The van der Waals surface area contributed by atoms with Gasteiger partial charge in [-0.3, -0.25) is 9.59 Å². The minimum Gasteiger partial charge on any atom is -0.366 e. The Morgan fingerprint density at radius 2 is 2.00 bits per heavy atom. The number of nitrogens with one attached hydrogen (secondary N) is 4. The summed E-state index contributed by atoms with van der Waals surface area (Å²) in [6.07, 6.45) is 1.36. The van der Waals surface area contributed by atoms with Gasteiger partial charge in [0, 0.05) is 6.20 Å². The summed E-state index contributed by atoms with van der Waals surface area (Å²) in [6, 6.07) is 6.42. The molecule has 0 aliphatic rings. The maximum absolute atomic E-state index is 12.1. The van der Waals surface area contributed by atoms with Crippen molar-refractivity contribution >= 4 is 28.5 Å². The normalized spacial score (nSPS) is 10.7. The summed E-state index contributed by atoms with van der Waals surface area (Å²) in [5, 5.41) is 2.65. The molecule has 2 heterocycles. The Balaban J connectivity index is 1.92. The van der Waals surface area contributed by atoms with E-state index in [0.717, 1.165) is 0 Å². The van der Waals surface area contributed by atoms with Crippen molar-refractivity contribution in [2.24, 2.45) is 5.73 Å². The Labute approximate surface area is 117 Å². The van der Waals surface area contributed by atoms with Crippen molar-refractivity contribution in [3.8, 4) is 0 Å². The number of H-pyrrole nitrogens is 3. The van der Waals surface area contributed by atoms with Crippen molar-refractivity contribution in [3.05, 3.63) is 52.2 Å². The number of rotatable bonds is 3. The van der Waals surface area contributed by atoms with E-state index in [1.165, 1.54) is 12.3 Å². The molecule has 0 aliphatic carbocycles. The molecule has 0 saturated heterocycles. The van der Waals surface area contributed by atoms with Crippen LogP contribution in [0.5, 0.6) is 0 Å². The average Bonchev–Trinajstić information content (AvgIpc) is 3.04. The highest BCUT2D eigenvalue weighted by atomic mass is 16.2. The van der Waals surface area contributed by atoms with Crippen LogP contribution in [0.2, 0.25) is 0 Å². The number of para-hydroxylation sites is 1. The fraction of sp³-hybridized carbons (Fsp3) is 0. The number of primary amides is 1. The minimum atomic E-state index is -0.623. The maximum atomic E-state index is 12.1. The first-order valence-electron chi connectivity index (χ1n) is 6.05. The molecule has 0 saturated carbocycles. The van der Waals surface area contributed by atoms with Crippen LogP contribution in [0.15, 0.2) is 35.3 Å². The molecular weight excluding hydrogens is 274 g/mol. The molecule has 8 nitrogen and oxygen atoms in total. The highest BCUT2D eigenvalue weighted by Crippen LogP contribution is 2.19. The topological polar surface area (TPSA) is 137 Å². The second-order valence-electron chi connectivity index (χ2n) is 4.43. The number of nitrogens with two attached hydrogens (primary N) is 1. The Morgan fingerprint density at radius 3 is 2.71 bits per heavy atom. The first-order chi connectivity index (χ1) is 10.0. The number of imidazole rings is 1. The van der Waals surface area contributed by atoms with Gasteiger partial charge in [0.2, 0.25) is 5.91 Å². The van der Waals surface area contributed by atoms with Gasteiger partial charge in [-0.25, -0.2) is 4.79 Å². The van der Waals surface area contributed by atoms with Gasteiger partial charge in [-0.15, -0.1) is 0 Å². The Morgan fingerprint density at radius 1 is 1.19 bits per heavy atom. The molecule has 106 valence electrons. The molecule has 0 unspecified atom stereocenters. The summed E-state index contributed by atoms with van der Waals surface area (Å²) in [6.45, 7) is 0. The molecule has 2 amide bonds. The zero-order valence-corrected chi connectivity index (χ0v) is 10.7. The van der Waals surface area contributed by atoms with Gasteiger partial charge in [-0.1, -0.05) is 6.07 Å². The van der Waals surface area contributed by atoms with Crippen molar-refractivity contribution in [1.29, 1.82) is 0 Å². The van der Waals surface area contributed by atoms with E-state index in [1.807, 2.05) is 0 Å². The van der Waals surface area contributed by atoms with Crippen LogP contribution in [0.25, 0.3) is 11.0 Å². The van der Waals surface area contributed by atoms with Gasteiger partial charge in [0.25, 0.3) is 5.91 Å². The number of carbonyl (C=O) groups excluding carboxylic acids is 2. The first-order valence-corrected chi connectivity index (χ1v) is 6.05. The standard InChI is InChI=1S/C13H11N5O3/c14-11(19)6-4-9(15-5-6)12(20)16-7-2-1-3-8-10(7)18-13(21)17-8/h1-5,15H,(H2,14,19)(H,16,20)(H2,17,18,21). The molecule has 8 heteroatoms. The molecule has 3 rings (SSSR count). The van der Waals surface area contributed by atoms with Crippen LogP contribution in [0.3, 0.4) is 0 Å². The molecule has 0 fully saturated rings. The molecular formula is C13H11N5O3. The van der Waals surface area contributed by atoms with Gasteiger partial charge in [-0.2, -0.15) is 0 Å². The summed E-state index contributed by atoms with van der Waals surface area (Å²) < 4.78 is 0. The zero-order valence-electron chi connectivity index (χ0n) is 10.7. The van der Waals surface area contributed by atoms with Crippen molar-refractivity contribution in [3.63, 3.8) is 0 Å². The number of anilines is 1. The van der Waals surface area contributed by atoms with Crippen LogP contribution in [-0.4, -0.2) is 26.8 Å². The fourth-order valence-corrected chi connectivity index (χ4v) is 2.02. The summed E-state index contributed by atoms with van der Waals surface area (Å²) in [5.41, 5.74) is 6.71. The first kappa shape index (κ1) is 12.7. The number of benzene rings is 1. The highest BCUT2D eigenvalue weighted by molar-refractivity contribution is 6.08. The fourth-order valence-electron chi connectivity index (χ4n) is 2.02. The molecule has 0 atom stereocenters. The molecule has 0 bridgehead atoms. The van der Waals surface area contributed by atoms with E-state index in [2.05, 4.69) is 20.3 Å². The van der Waals surface area contributed by atoms with Crippen LogP contribution in [-0.2, 0) is 0 Å². The van der Waals surface area contributed by atoms with E-state index in [4.69, 9.17) is 5.73 Å². The summed E-state index contributed by atoms with van der Waals surface area (Å²) in [5.74, 6) is -1.07. The number of hydrogen-bond donors (Lipinski definition) is 5. The van der Waals surface area contributed by atoms with E-state index in [9.17, 15) is 14.4 Å². The van der Waals surface area contributed by atoms with Gasteiger partial charge >= 0.3 is 5.69 Å². The van der Waals surface area contributed by atoms with E-state index in [0.29, 0.717) is 16.7 Å². The average molecular weight is 285 g/mol. The predicted molar refractivity (Wildman–Crippen MR) is 76.2 cm³/mol. The molecule has 6 N–H and O–H groups in total.